The standard InChI is InChI=1S/C8H7IN2S/c1-11-7(9)5-10-8(11)6-3-2-4-12-6/h2-5H,1H3. The number of nitrogens with zero attached hydrogens (tertiary/aromatic N) is 2. The summed E-state index contributed by atoms with van der Waals surface area (Å²) in [5, 5.41) is 2.07. The molecule has 2 aromatic heterocycles. The summed E-state index contributed by atoms with van der Waals surface area (Å²) < 4.78 is 3.25. The largest absolute Gasteiger partial charge is 0.322 e. The quantitative estimate of drug-likeness (QED) is 0.738. The normalized spacial score (nSPS) is 10.5. The molecule has 2 heterocycles. The zero-order valence-electron chi connectivity index (χ0n) is 6.49. The highest BCUT2D eigenvalue weighted by atomic mass is 127. The highest BCUT2D eigenvalue weighted by Gasteiger charge is 2.06. The highest BCUT2D eigenvalue weighted by molar-refractivity contribution is 14.1. The smallest absolute Gasteiger partial charge is 0.150 e. The van der Waals surface area contributed by atoms with Crippen molar-refractivity contribution >= 4 is 33.9 Å². The number of imidazole rings is 1. The van der Waals surface area contributed by atoms with Crippen LogP contribution in [0.4, 0.5) is 0 Å². The maximum Gasteiger partial charge on any atom is 0.150 e. The van der Waals surface area contributed by atoms with E-state index >= 15 is 0 Å². The maximum atomic E-state index is 4.32. The van der Waals surface area contributed by atoms with E-state index in [4.69, 9.17) is 0 Å². The van der Waals surface area contributed by atoms with Crippen LogP contribution in [-0.4, -0.2) is 9.55 Å². The molecule has 0 aromatic carbocycles. The molecule has 0 fully saturated rings. The second-order valence-corrected chi connectivity index (χ2v) is 4.49. The Bertz CT molecular complexity index is 378. The van der Waals surface area contributed by atoms with Crippen molar-refractivity contribution in [2.24, 2.45) is 7.05 Å². The Morgan fingerprint density at radius 2 is 2.42 bits per heavy atom. The van der Waals surface area contributed by atoms with Gasteiger partial charge in [0, 0.05) is 7.05 Å². The van der Waals surface area contributed by atoms with Gasteiger partial charge in [0.05, 0.1) is 14.8 Å². The molecule has 0 saturated heterocycles. The monoisotopic (exact) mass is 290 g/mol. The van der Waals surface area contributed by atoms with Crippen LogP contribution in [0.5, 0.6) is 0 Å². The molecule has 0 aliphatic rings. The Morgan fingerprint density at radius 3 is 2.92 bits per heavy atom. The molecule has 0 N–H and O–H groups in total. The van der Waals surface area contributed by atoms with Gasteiger partial charge in [-0.2, -0.15) is 0 Å². The summed E-state index contributed by atoms with van der Waals surface area (Å²) in [5.74, 6) is 1.05. The zero-order valence-corrected chi connectivity index (χ0v) is 9.46. The summed E-state index contributed by atoms with van der Waals surface area (Å²) in [6.07, 6.45) is 1.88. The molecule has 12 heavy (non-hydrogen) atoms. The van der Waals surface area contributed by atoms with Gasteiger partial charge in [-0.3, -0.25) is 0 Å². The van der Waals surface area contributed by atoms with Crippen LogP contribution in [0.1, 0.15) is 0 Å². The predicted octanol–water partition coefficient (Wildman–Crippen LogP) is 2.75. The third-order valence-corrected chi connectivity index (χ3v) is 3.54. The summed E-state index contributed by atoms with van der Waals surface area (Å²) in [4.78, 5) is 5.55. The molecule has 0 amide bonds. The number of rotatable bonds is 1. The van der Waals surface area contributed by atoms with Crippen molar-refractivity contribution in [3.05, 3.63) is 27.4 Å². The molecular formula is C8H7IN2S. The van der Waals surface area contributed by atoms with Gasteiger partial charge >= 0.3 is 0 Å². The van der Waals surface area contributed by atoms with Crippen LogP contribution >= 0.6 is 33.9 Å². The van der Waals surface area contributed by atoms with Gasteiger partial charge in [0.25, 0.3) is 0 Å². The van der Waals surface area contributed by atoms with Crippen molar-refractivity contribution in [2.45, 2.75) is 0 Å². The first-order valence-electron chi connectivity index (χ1n) is 3.50. The average Bonchev–Trinajstić information content (AvgIpc) is 2.64. The lowest BCUT2D eigenvalue weighted by molar-refractivity contribution is 0.902. The van der Waals surface area contributed by atoms with Crippen molar-refractivity contribution in [1.29, 1.82) is 0 Å². The summed E-state index contributed by atoms with van der Waals surface area (Å²) >= 11 is 3.99. The van der Waals surface area contributed by atoms with Crippen molar-refractivity contribution in [2.75, 3.05) is 0 Å². The molecule has 2 rings (SSSR count). The fourth-order valence-electron chi connectivity index (χ4n) is 1.02. The topological polar surface area (TPSA) is 17.8 Å². The molecule has 0 aliphatic heterocycles. The summed E-state index contributed by atoms with van der Waals surface area (Å²) in [5.41, 5.74) is 0. The third-order valence-electron chi connectivity index (χ3n) is 1.67. The minimum Gasteiger partial charge on any atom is -0.322 e. The van der Waals surface area contributed by atoms with Gasteiger partial charge in [-0.05, 0) is 34.0 Å². The molecule has 0 unspecified atom stereocenters. The van der Waals surface area contributed by atoms with Gasteiger partial charge in [0.15, 0.2) is 5.82 Å². The predicted molar refractivity (Wildman–Crippen MR) is 59.2 cm³/mol. The van der Waals surface area contributed by atoms with Crippen molar-refractivity contribution in [3.8, 4) is 10.7 Å². The lowest BCUT2D eigenvalue weighted by atomic mass is 10.4. The first-order valence-corrected chi connectivity index (χ1v) is 5.46. The SMILES string of the molecule is Cn1c(I)cnc1-c1cccs1. The molecule has 0 aliphatic carbocycles. The maximum absolute atomic E-state index is 4.32. The number of aromatic nitrogens is 2. The van der Waals surface area contributed by atoms with Gasteiger partial charge in [-0.15, -0.1) is 11.3 Å². The molecule has 0 saturated carbocycles. The Labute approximate surface area is 88.4 Å². The second-order valence-electron chi connectivity index (χ2n) is 2.44. The minimum atomic E-state index is 1.05. The van der Waals surface area contributed by atoms with Crippen LogP contribution in [-0.2, 0) is 7.05 Å². The Morgan fingerprint density at radius 1 is 1.58 bits per heavy atom. The second kappa shape index (κ2) is 3.18. The van der Waals surface area contributed by atoms with Crippen LogP contribution < -0.4 is 0 Å². The first-order chi connectivity index (χ1) is 5.79. The first kappa shape index (κ1) is 8.25. The van der Waals surface area contributed by atoms with Gasteiger partial charge in [0.1, 0.15) is 0 Å². The van der Waals surface area contributed by atoms with Crippen LogP contribution in [0.25, 0.3) is 10.7 Å². The number of hydrogen-bond donors (Lipinski definition) is 0. The molecule has 0 atom stereocenters. The van der Waals surface area contributed by atoms with E-state index in [1.54, 1.807) is 11.3 Å². The van der Waals surface area contributed by atoms with E-state index in [0.717, 1.165) is 9.53 Å². The van der Waals surface area contributed by atoms with E-state index < -0.39 is 0 Å². The van der Waals surface area contributed by atoms with E-state index in [9.17, 15) is 0 Å². The fourth-order valence-corrected chi connectivity index (χ4v) is 2.15. The molecule has 2 aromatic rings. The van der Waals surface area contributed by atoms with Crippen LogP contribution in [0.15, 0.2) is 23.7 Å². The van der Waals surface area contributed by atoms with E-state index in [2.05, 4.69) is 43.6 Å². The molecule has 2 nitrogen and oxygen atoms in total. The summed E-state index contributed by atoms with van der Waals surface area (Å²) in [6, 6.07) is 4.13. The average molecular weight is 290 g/mol. The van der Waals surface area contributed by atoms with E-state index in [-0.39, 0.29) is 0 Å². The highest BCUT2D eigenvalue weighted by Crippen LogP contribution is 2.23. The number of hydrogen-bond acceptors (Lipinski definition) is 2. The van der Waals surface area contributed by atoms with Gasteiger partial charge in [0.2, 0.25) is 0 Å². The Hall–Kier alpha value is -0.360. The third kappa shape index (κ3) is 1.29. The molecular weight excluding hydrogens is 283 g/mol. The zero-order chi connectivity index (χ0) is 8.55. The van der Waals surface area contributed by atoms with Crippen molar-refractivity contribution in [1.82, 2.24) is 9.55 Å². The van der Waals surface area contributed by atoms with Gasteiger partial charge < -0.3 is 4.57 Å². The molecule has 0 bridgehead atoms. The summed E-state index contributed by atoms with van der Waals surface area (Å²) in [6.45, 7) is 0. The number of thiophene rings is 1. The Balaban J connectivity index is 2.55. The van der Waals surface area contributed by atoms with Crippen molar-refractivity contribution in [3.63, 3.8) is 0 Å². The molecule has 0 spiro atoms. The van der Waals surface area contributed by atoms with E-state index in [0.29, 0.717) is 0 Å². The molecule has 0 radical (unpaired) electrons. The van der Waals surface area contributed by atoms with Crippen LogP contribution in [0, 0.1) is 3.70 Å². The molecule has 62 valence electrons. The van der Waals surface area contributed by atoms with E-state index in [1.165, 1.54) is 4.88 Å². The Kier molecular flexibility index (Phi) is 2.18. The van der Waals surface area contributed by atoms with Crippen molar-refractivity contribution < 1.29 is 0 Å². The lowest BCUT2D eigenvalue weighted by Crippen LogP contribution is -1.92. The van der Waals surface area contributed by atoms with E-state index in [1.807, 2.05) is 19.3 Å². The summed E-state index contributed by atoms with van der Waals surface area (Å²) in [7, 11) is 2.03. The molecule has 4 heteroatoms. The van der Waals surface area contributed by atoms with Gasteiger partial charge in [-0.1, -0.05) is 6.07 Å². The van der Waals surface area contributed by atoms with Gasteiger partial charge in [-0.25, -0.2) is 4.98 Å². The van der Waals surface area contributed by atoms with Crippen LogP contribution in [0.3, 0.4) is 0 Å². The lowest BCUT2D eigenvalue weighted by Gasteiger charge is -1.97. The van der Waals surface area contributed by atoms with Crippen LogP contribution in [0.2, 0.25) is 0 Å². The number of halogens is 1. The minimum absolute atomic E-state index is 1.05. The fraction of sp³-hybridized carbons (Fsp3) is 0.125.